The summed E-state index contributed by atoms with van der Waals surface area (Å²) in [6, 6.07) is 8.93. The third kappa shape index (κ3) is 4.63. The maximum Gasteiger partial charge on any atom is 0.293 e. The van der Waals surface area contributed by atoms with Crippen molar-refractivity contribution >= 4 is 40.0 Å². The summed E-state index contributed by atoms with van der Waals surface area (Å²) in [6.07, 6.45) is 3.41. The molecule has 31 heavy (non-hydrogen) atoms. The van der Waals surface area contributed by atoms with E-state index < -0.39 is 5.91 Å². The molecule has 1 aromatic carbocycles. The second-order valence-electron chi connectivity index (χ2n) is 7.91. The minimum Gasteiger partial charge on any atom is -0.356 e. The third-order valence-electron chi connectivity index (χ3n) is 5.29. The largest absolute Gasteiger partial charge is 0.356 e. The molecule has 3 aromatic rings. The number of carbonyl (C=O) groups is 2. The first kappa shape index (κ1) is 20.7. The Labute approximate surface area is 181 Å². The van der Waals surface area contributed by atoms with Crippen molar-refractivity contribution in [2.75, 3.05) is 28.6 Å². The number of anilines is 3. The van der Waals surface area contributed by atoms with Crippen LogP contribution in [0.1, 0.15) is 48.1 Å². The Hall–Kier alpha value is -3.55. The number of pyridine rings is 1. The number of fused-ring (bicyclic) bond motifs is 1. The highest BCUT2D eigenvalue weighted by Gasteiger charge is 2.22. The molecule has 1 saturated heterocycles. The number of aromatic nitrogens is 3. The lowest BCUT2D eigenvalue weighted by Gasteiger charge is -2.29. The molecule has 2 N–H and O–H groups in total. The van der Waals surface area contributed by atoms with Crippen molar-refractivity contribution in [3.63, 3.8) is 0 Å². The summed E-state index contributed by atoms with van der Waals surface area (Å²) in [7, 11) is 0. The molecule has 0 bridgehead atoms. The lowest BCUT2D eigenvalue weighted by atomic mass is 10.1. The van der Waals surface area contributed by atoms with E-state index in [-0.39, 0.29) is 11.7 Å². The van der Waals surface area contributed by atoms with Crippen LogP contribution in [-0.2, 0) is 4.79 Å². The van der Waals surface area contributed by atoms with Gasteiger partial charge in [0.05, 0.1) is 5.39 Å². The lowest BCUT2D eigenvalue weighted by Crippen LogP contribution is -2.31. The molecule has 2 aromatic heterocycles. The van der Waals surface area contributed by atoms with E-state index in [0.29, 0.717) is 17.0 Å². The van der Waals surface area contributed by atoms with Gasteiger partial charge in [-0.15, -0.1) is 0 Å². The van der Waals surface area contributed by atoms with Gasteiger partial charge in [-0.1, -0.05) is 0 Å². The van der Waals surface area contributed by atoms with Crippen molar-refractivity contribution in [2.24, 2.45) is 0 Å². The number of rotatable bonds is 4. The minimum absolute atomic E-state index is 0.0940. The van der Waals surface area contributed by atoms with Gasteiger partial charge in [-0.3, -0.25) is 9.59 Å². The van der Waals surface area contributed by atoms with Crippen LogP contribution in [0.2, 0.25) is 0 Å². The van der Waals surface area contributed by atoms with Crippen LogP contribution in [0.25, 0.3) is 11.0 Å². The number of hydrogen-bond donors (Lipinski definition) is 2. The van der Waals surface area contributed by atoms with Crippen LogP contribution in [0.3, 0.4) is 0 Å². The van der Waals surface area contributed by atoms with E-state index in [2.05, 4.69) is 30.5 Å². The molecule has 2 amide bonds. The van der Waals surface area contributed by atoms with Gasteiger partial charge in [-0.25, -0.2) is 15.0 Å². The molecule has 1 fully saturated rings. The standard InChI is InChI=1S/C23H26N6O2/c1-14-13-15(2)24-20-19(14)22(29-11-5-4-6-12-29)28-21(27-20)23(31)26-18-9-7-17(8-10-18)25-16(3)30/h7-10,13H,4-6,11-12H2,1-3H3,(H,25,30)(H,26,31). The molecule has 1 aliphatic rings. The fraction of sp³-hybridized carbons (Fsp3) is 0.348. The molecule has 4 rings (SSSR count). The molecule has 0 radical (unpaired) electrons. The predicted octanol–water partition coefficient (Wildman–Crippen LogP) is 3.84. The summed E-state index contributed by atoms with van der Waals surface area (Å²) in [5, 5.41) is 6.45. The van der Waals surface area contributed by atoms with Crippen LogP contribution in [-0.4, -0.2) is 39.9 Å². The van der Waals surface area contributed by atoms with Crippen molar-refractivity contribution in [2.45, 2.75) is 40.0 Å². The summed E-state index contributed by atoms with van der Waals surface area (Å²) >= 11 is 0. The second kappa shape index (κ2) is 8.67. The van der Waals surface area contributed by atoms with Crippen LogP contribution in [0.5, 0.6) is 0 Å². The van der Waals surface area contributed by atoms with Crippen molar-refractivity contribution in [1.82, 2.24) is 15.0 Å². The van der Waals surface area contributed by atoms with Crippen molar-refractivity contribution < 1.29 is 9.59 Å². The van der Waals surface area contributed by atoms with Gasteiger partial charge in [-0.05, 0) is 69.0 Å². The monoisotopic (exact) mass is 418 g/mol. The highest BCUT2D eigenvalue weighted by atomic mass is 16.2. The molecule has 0 saturated carbocycles. The van der Waals surface area contributed by atoms with Gasteiger partial charge in [0.1, 0.15) is 5.82 Å². The van der Waals surface area contributed by atoms with Crippen LogP contribution >= 0.6 is 0 Å². The third-order valence-corrected chi connectivity index (χ3v) is 5.29. The number of aryl methyl sites for hydroxylation is 2. The topological polar surface area (TPSA) is 100 Å². The van der Waals surface area contributed by atoms with Crippen LogP contribution in [0, 0.1) is 13.8 Å². The first-order valence-electron chi connectivity index (χ1n) is 10.5. The van der Waals surface area contributed by atoms with Crippen molar-refractivity contribution in [3.8, 4) is 0 Å². The molecular formula is C23H26N6O2. The van der Waals surface area contributed by atoms with Crippen LogP contribution in [0.4, 0.5) is 17.2 Å². The number of amides is 2. The Morgan fingerprint density at radius 3 is 2.19 bits per heavy atom. The maximum atomic E-state index is 13.0. The molecule has 0 atom stereocenters. The Kier molecular flexibility index (Phi) is 5.79. The van der Waals surface area contributed by atoms with Gasteiger partial charge >= 0.3 is 0 Å². The zero-order valence-electron chi connectivity index (χ0n) is 18.0. The SMILES string of the molecule is CC(=O)Nc1ccc(NC(=O)c2nc(N3CCCCC3)c3c(C)cc(C)nc3n2)cc1. The summed E-state index contributed by atoms with van der Waals surface area (Å²) in [6.45, 7) is 7.22. The molecule has 0 spiro atoms. The van der Waals surface area contributed by atoms with Crippen molar-refractivity contribution in [1.29, 1.82) is 0 Å². The van der Waals surface area contributed by atoms with Gasteiger partial charge in [-0.2, -0.15) is 0 Å². The van der Waals surface area contributed by atoms with E-state index in [1.54, 1.807) is 24.3 Å². The van der Waals surface area contributed by atoms with Crippen LogP contribution in [0.15, 0.2) is 30.3 Å². The number of benzene rings is 1. The van der Waals surface area contributed by atoms with E-state index in [9.17, 15) is 9.59 Å². The predicted molar refractivity (Wildman–Crippen MR) is 122 cm³/mol. The van der Waals surface area contributed by atoms with Crippen LogP contribution < -0.4 is 15.5 Å². The zero-order valence-corrected chi connectivity index (χ0v) is 18.0. The fourth-order valence-electron chi connectivity index (χ4n) is 3.92. The molecule has 0 unspecified atom stereocenters. The molecular weight excluding hydrogens is 392 g/mol. The molecule has 8 nitrogen and oxygen atoms in total. The summed E-state index contributed by atoms with van der Waals surface area (Å²) in [4.78, 5) is 40.1. The molecule has 8 heteroatoms. The molecule has 1 aliphatic heterocycles. The summed E-state index contributed by atoms with van der Waals surface area (Å²) in [5.74, 6) is 0.329. The Morgan fingerprint density at radius 2 is 1.55 bits per heavy atom. The normalized spacial score (nSPS) is 13.8. The molecule has 3 heterocycles. The fourth-order valence-corrected chi connectivity index (χ4v) is 3.92. The van der Waals surface area contributed by atoms with E-state index in [4.69, 9.17) is 0 Å². The van der Waals surface area contributed by atoms with E-state index in [1.807, 2.05) is 19.9 Å². The van der Waals surface area contributed by atoms with Gasteiger partial charge in [0, 0.05) is 37.1 Å². The van der Waals surface area contributed by atoms with E-state index in [0.717, 1.165) is 48.4 Å². The number of nitrogens with one attached hydrogen (secondary N) is 2. The number of nitrogens with zero attached hydrogens (tertiary/aromatic N) is 4. The average molecular weight is 419 g/mol. The second-order valence-corrected chi connectivity index (χ2v) is 7.91. The van der Waals surface area contributed by atoms with E-state index in [1.165, 1.54) is 13.3 Å². The van der Waals surface area contributed by atoms with Gasteiger partial charge in [0.15, 0.2) is 5.65 Å². The Morgan fingerprint density at radius 1 is 0.903 bits per heavy atom. The van der Waals surface area contributed by atoms with Gasteiger partial charge in [0.25, 0.3) is 5.91 Å². The molecule has 160 valence electrons. The first-order valence-corrected chi connectivity index (χ1v) is 10.5. The van der Waals surface area contributed by atoms with E-state index >= 15 is 0 Å². The lowest BCUT2D eigenvalue weighted by molar-refractivity contribution is -0.114. The first-order chi connectivity index (χ1) is 14.9. The number of hydrogen-bond acceptors (Lipinski definition) is 6. The maximum absolute atomic E-state index is 13.0. The van der Waals surface area contributed by atoms with Gasteiger partial charge < -0.3 is 15.5 Å². The average Bonchev–Trinajstić information content (AvgIpc) is 2.74. The Balaban J connectivity index is 1.68. The minimum atomic E-state index is -0.395. The highest BCUT2D eigenvalue weighted by molar-refractivity contribution is 6.04. The smallest absolute Gasteiger partial charge is 0.293 e. The number of carbonyl (C=O) groups excluding carboxylic acids is 2. The molecule has 0 aliphatic carbocycles. The summed E-state index contributed by atoms with van der Waals surface area (Å²) in [5.41, 5.74) is 3.71. The summed E-state index contributed by atoms with van der Waals surface area (Å²) < 4.78 is 0. The quantitative estimate of drug-likeness (QED) is 0.668. The van der Waals surface area contributed by atoms with Crippen molar-refractivity contribution in [3.05, 3.63) is 47.4 Å². The zero-order chi connectivity index (χ0) is 22.0. The highest BCUT2D eigenvalue weighted by Crippen LogP contribution is 2.29. The van der Waals surface area contributed by atoms with Gasteiger partial charge in [0.2, 0.25) is 11.7 Å². The Bertz CT molecular complexity index is 1140. The number of piperidine rings is 1.